The van der Waals surface area contributed by atoms with Crippen molar-refractivity contribution in [3.63, 3.8) is 0 Å². The van der Waals surface area contributed by atoms with Gasteiger partial charge >= 0.3 is 0 Å². The number of halogens is 1. The summed E-state index contributed by atoms with van der Waals surface area (Å²) in [5.74, 6) is -0.244. The lowest BCUT2D eigenvalue weighted by Crippen LogP contribution is -2.52. The molecule has 0 heterocycles. The molecule has 0 radical (unpaired) electrons. The van der Waals surface area contributed by atoms with Crippen LogP contribution in [-0.4, -0.2) is 28.3 Å². The van der Waals surface area contributed by atoms with Gasteiger partial charge in [-0.1, -0.05) is 47.5 Å². The minimum Gasteiger partial charge on any atom is -0.350 e. The topological polar surface area (TPSA) is 49.4 Å². The van der Waals surface area contributed by atoms with Crippen molar-refractivity contribution in [3.05, 3.63) is 69.7 Å². The molecule has 1 atom stereocenters. The van der Waals surface area contributed by atoms with Crippen molar-refractivity contribution in [1.29, 1.82) is 0 Å². The van der Waals surface area contributed by atoms with Crippen LogP contribution in [0.1, 0.15) is 49.9 Å². The number of carbonyl (C=O) groups excluding carboxylic acids is 2. The molecule has 0 aliphatic rings. The summed E-state index contributed by atoms with van der Waals surface area (Å²) in [5, 5.41) is 3.62. The van der Waals surface area contributed by atoms with Crippen LogP contribution in [-0.2, 0) is 22.6 Å². The molecule has 0 saturated carbocycles. The predicted molar refractivity (Wildman–Crippen MR) is 119 cm³/mol. The molecule has 0 aliphatic heterocycles. The number of rotatable bonds is 6. The quantitative estimate of drug-likeness (QED) is 0.735. The Morgan fingerprint density at radius 1 is 1.07 bits per heavy atom. The molecule has 0 bridgehead atoms. The van der Waals surface area contributed by atoms with Gasteiger partial charge in [-0.2, -0.15) is 0 Å². The maximum atomic E-state index is 13.3. The van der Waals surface area contributed by atoms with Crippen LogP contribution in [0.25, 0.3) is 0 Å². The maximum absolute atomic E-state index is 13.3. The molecular weight excluding hydrogens is 384 g/mol. The SMILES string of the molecule is Cc1ccc(C)c(CC(=O)N(Cc2ccc(Cl)cc2)[C@@H](C)C(=O)NC(C)(C)C)c1. The van der Waals surface area contributed by atoms with E-state index in [1.165, 1.54) is 0 Å². The van der Waals surface area contributed by atoms with Crippen molar-refractivity contribution in [2.75, 3.05) is 0 Å². The lowest BCUT2D eigenvalue weighted by Gasteiger charge is -2.31. The van der Waals surface area contributed by atoms with Gasteiger partial charge in [0, 0.05) is 17.1 Å². The molecule has 0 aliphatic carbocycles. The molecule has 2 aromatic carbocycles. The van der Waals surface area contributed by atoms with Gasteiger partial charge in [-0.25, -0.2) is 0 Å². The van der Waals surface area contributed by atoms with E-state index < -0.39 is 6.04 Å². The smallest absolute Gasteiger partial charge is 0.242 e. The number of aryl methyl sites for hydroxylation is 2. The lowest BCUT2D eigenvalue weighted by atomic mass is 10.0. The first-order valence-electron chi connectivity index (χ1n) is 9.88. The maximum Gasteiger partial charge on any atom is 0.242 e. The zero-order valence-electron chi connectivity index (χ0n) is 18.2. The van der Waals surface area contributed by atoms with Crippen molar-refractivity contribution in [2.24, 2.45) is 0 Å². The first-order chi connectivity index (χ1) is 13.5. The fraction of sp³-hybridized carbons (Fsp3) is 0.417. The molecule has 2 rings (SSSR count). The van der Waals surface area contributed by atoms with Crippen molar-refractivity contribution in [1.82, 2.24) is 10.2 Å². The highest BCUT2D eigenvalue weighted by Gasteiger charge is 2.28. The van der Waals surface area contributed by atoms with Crippen LogP contribution in [0.4, 0.5) is 0 Å². The van der Waals surface area contributed by atoms with Gasteiger partial charge in [-0.3, -0.25) is 9.59 Å². The predicted octanol–water partition coefficient (Wildman–Crippen LogP) is 4.83. The Balaban J connectivity index is 2.29. The van der Waals surface area contributed by atoms with E-state index in [4.69, 9.17) is 11.6 Å². The molecule has 0 saturated heterocycles. The van der Waals surface area contributed by atoms with Crippen molar-refractivity contribution in [2.45, 2.75) is 66.1 Å². The fourth-order valence-electron chi connectivity index (χ4n) is 3.10. The average molecular weight is 415 g/mol. The fourth-order valence-corrected chi connectivity index (χ4v) is 3.22. The molecule has 2 aromatic rings. The Bertz CT molecular complexity index is 869. The first-order valence-corrected chi connectivity index (χ1v) is 10.3. The van der Waals surface area contributed by atoms with Gasteiger partial charge in [-0.15, -0.1) is 0 Å². The largest absolute Gasteiger partial charge is 0.350 e. The second-order valence-electron chi connectivity index (χ2n) is 8.67. The standard InChI is InChI=1S/C24H31ClN2O2/c1-16-7-8-17(2)20(13-16)14-22(28)27(15-19-9-11-21(25)12-10-19)18(3)23(29)26-24(4,5)6/h7-13,18H,14-15H2,1-6H3,(H,26,29)/t18-/m0/s1. The minimum absolute atomic E-state index is 0.0785. The molecular formula is C24H31ClN2O2. The summed E-state index contributed by atoms with van der Waals surface area (Å²) in [6, 6.07) is 12.9. The molecule has 5 heteroatoms. The van der Waals surface area contributed by atoms with E-state index in [9.17, 15) is 9.59 Å². The third-order valence-electron chi connectivity index (χ3n) is 4.78. The van der Waals surface area contributed by atoms with Gasteiger partial charge in [-0.05, 0) is 70.4 Å². The molecule has 0 fully saturated rings. The summed E-state index contributed by atoms with van der Waals surface area (Å²) in [5.41, 5.74) is 3.73. The van der Waals surface area contributed by atoms with Crippen LogP contribution in [0.2, 0.25) is 5.02 Å². The van der Waals surface area contributed by atoms with Crippen molar-refractivity contribution in [3.8, 4) is 0 Å². The highest BCUT2D eigenvalue weighted by Crippen LogP contribution is 2.18. The number of nitrogens with one attached hydrogen (secondary N) is 1. The Kier molecular flexibility index (Phi) is 7.48. The van der Waals surface area contributed by atoms with Gasteiger partial charge in [0.2, 0.25) is 11.8 Å². The number of nitrogens with zero attached hydrogens (tertiary/aromatic N) is 1. The molecule has 29 heavy (non-hydrogen) atoms. The number of amides is 2. The van der Waals surface area contributed by atoms with E-state index in [1.807, 2.05) is 65.0 Å². The van der Waals surface area contributed by atoms with Crippen LogP contribution in [0.15, 0.2) is 42.5 Å². The van der Waals surface area contributed by atoms with Crippen LogP contribution < -0.4 is 5.32 Å². The second kappa shape index (κ2) is 9.45. The third-order valence-corrected chi connectivity index (χ3v) is 5.03. The minimum atomic E-state index is -0.595. The monoisotopic (exact) mass is 414 g/mol. The normalized spacial score (nSPS) is 12.4. The molecule has 0 spiro atoms. The highest BCUT2D eigenvalue weighted by molar-refractivity contribution is 6.30. The Morgan fingerprint density at radius 3 is 2.28 bits per heavy atom. The molecule has 4 nitrogen and oxygen atoms in total. The van der Waals surface area contributed by atoms with Crippen LogP contribution in [0.3, 0.4) is 0 Å². The molecule has 156 valence electrons. The van der Waals surface area contributed by atoms with Crippen molar-refractivity contribution >= 4 is 23.4 Å². The van der Waals surface area contributed by atoms with Gasteiger partial charge in [0.05, 0.1) is 6.42 Å². The molecule has 0 aromatic heterocycles. The molecule has 2 amide bonds. The first kappa shape index (κ1) is 23.0. The Labute approximate surface area is 179 Å². The van der Waals surface area contributed by atoms with Crippen molar-refractivity contribution < 1.29 is 9.59 Å². The van der Waals surface area contributed by atoms with Gasteiger partial charge in [0.1, 0.15) is 6.04 Å². The third kappa shape index (κ3) is 6.90. The average Bonchev–Trinajstić information content (AvgIpc) is 2.62. The summed E-state index contributed by atoms with van der Waals surface area (Å²) in [6.07, 6.45) is 0.258. The second-order valence-corrected chi connectivity index (χ2v) is 9.11. The van der Waals surface area contributed by atoms with E-state index in [2.05, 4.69) is 5.32 Å². The molecule has 1 N–H and O–H groups in total. The van der Waals surface area contributed by atoms with Crippen LogP contribution >= 0.6 is 11.6 Å². The van der Waals surface area contributed by atoms with E-state index in [0.29, 0.717) is 11.6 Å². The van der Waals surface area contributed by atoms with E-state index in [1.54, 1.807) is 24.0 Å². The number of benzene rings is 2. The zero-order chi connectivity index (χ0) is 21.8. The van der Waals surface area contributed by atoms with Gasteiger partial charge in [0.25, 0.3) is 0 Å². The van der Waals surface area contributed by atoms with E-state index >= 15 is 0 Å². The number of hydrogen-bond donors (Lipinski definition) is 1. The number of carbonyl (C=O) groups is 2. The van der Waals surface area contributed by atoms with Gasteiger partial charge in [0.15, 0.2) is 0 Å². The Morgan fingerprint density at radius 2 is 1.69 bits per heavy atom. The molecule has 0 unspecified atom stereocenters. The lowest BCUT2D eigenvalue weighted by molar-refractivity contribution is -0.140. The van der Waals surface area contributed by atoms with E-state index in [-0.39, 0.29) is 23.8 Å². The number of hydrogen-bond acceptors (Lipinski definition) is 2. The summed E-state index contributed by atoms with van der Waals surface area (Å²) in [4.78, 5) is 27.7. The van der Waals surface area contributed by atoms with Crippen LogP contribution in [0.5, 0.6) is 0 Å². The van der Waals surface area contributed by atoms with Crippen LogP contribution in [0, 0.1) is 13.8 Å². The van der Waals surface area contributed by atoms with Gasteiger partial charge < -0.3 is 10.2 Å². The highest BCUT2D eigenvalue weighted by atomic mass is 35.5. The summed E-state index contributed by atoms with van der Waals surface area (Å²) in [6.45, 7) is 11.9. The van der Waals surface area contributed by atoms with E-state index in [0.717, 1.165) is 22.3 Å². The summed E-state index contributed by atoms with van der Waals surface area (Å²) in [7, 11) is 0. The summed E-state index contributed by atoms with van der Waals surface area (Å²) < 4.78 is 0. The summed E-state index contributed by atoms with van der Waals surface area (Å²) >= 11 is 5.99. The zero-order valence-corrected chi connectivity index (χ0v) is 18.9. The Hall–Kier alpha value is -2.33.